The van der Waals surface area contributed by atoms with E-state index in [4.69, 9.17) is 5.11 Å². The van der Waals surface area contributed by atoms with E-state index >= 15 is 0 Å². The second kappa shape index (κ2) is 7.33. The van der Waals surface area contributed by atoms with E-state index < -0.39 is 12.0 Å². The monoisotopic (exact) mass is 295 g/mol. The van der Waals surface area contributed by atoms with E-state index in [0.29, 0.717) is 17.7 Å². The first kappa shape index (κ1) is 16.6. The first-order valence-corrected chi connectivity index (χ1v) is 7.86. The Kier molecular flexibility index (Phi) is 6.07. The van der Waals surface area contributed by atoms with Crippen molar-refractivity contribution in [2.45, 2.75) is 33.2 Å². The fourth-order valence-corrected chi connectivity index (χ4v) is 2.73. The number of carboxylic acid groups (broad SMARTS) is 1. The van der Waals surface area contributed by atoms with E-state index in [2.05, 4.69) is 5.32 Å². The van der Waals surface area contributed by atoms with Crippen LogP contribution in [0.2, 0.25) is 0 Å². The van der Waals surface area contributed by atoms with E-state index in [1.54, 1.807) is 11.8 Å². The molecule has 0 fully saturated rings. The lowest BCUT2D eigenvalue weighted by molar-refractivity contribution is -0.139. The maximum Gasteiger partial charge on any atom is 0.326 e. The lowest BCUT2D eigenvalue weighted by Crippen LogP contribution is -2.41. The van der Waals surface area contributed by atoms with E-state index in [-0.39, 0.29) is 5.91 Å². The molecule has 0 spiro atoms. The average Bonchev–Trinajstić information content (AvgIpc) is 2.32. The van der Waals surface area contributed by atoms with Gasteiger partial charge in [-0.25, -0.2) is 4.79 Å². The fraction of sp³-hybridized carbons (Fsp3) is 0.467. The van der Waals surface area contributed by atoms with E-state index in [1.165, 1.54) is 0 Å². The van der Waals surface area contributed by atoms with Crippen LogP contribution in [0.25, 0.3) is 0 Å². The van der Waals surface area contributed by atoms with Crippen molar-refractivity contribution in [1.29, 1.82) is 0 Å². The zero-order chi connectivity index (χ0) is 15.3. The molecule has 0 aromatic heterocycles. The number of rotatable bonds is 6. The Morgan fingerprint density at radius 1 is 1.25 bits per heavy atom. The predicted molar refractivity (Wildman–Crippen MR) is 82.5 cm³/mol. The van der Waals surface area contributed by atoms with Gasteiger partial charge in [-0.1, -0.05) is 17.7 Å². The molecule has 20 heavy (non-hydrogen) atoms. The number of hydrogen-bond donors (Lipinski definition) is 2. The lowest BCUT2D eigenvalue weighted by Gasteiger charge is -2.16. The molecule has 110 valence electrons. The van der Waals surface area contributed by atoms with Crippen molar-refractivity contribution in [3.63, 3.8) is 0 Å². The van der Waals surface area contributed by atoms with Crippen LogP contribution in [-0.4, -0.2) is 35.0 Å². The van der Waals surface area contributed by atoms with Crippen LogP contribution in [0, 0.1) is 20.8 Å². The second-order valence-corrected chi connectivity index (χ2v) is 5.91. The van der Waals surface area contributed by atoms with Gasteiger partial charge in [-0.05, 0) is 50.3 Å². The molecule has 0 aliphatic rings. The van der Waals surface area contributed by atoms with Crippen LogP contribution in [0.5, 0.6) is 0 Å². The van der Waals surface area contributed by atoms with Gasteiger partial charge in [-0.3, -0.25) is 4.79 Å². The van der Waals surface area contributed by atoms with E-state index in [9.17, 15) is 9.59 Å². The Morgan fingerprint density at radius 3 is 2.25 bits per heavy atom. The molecule has 1 amide bonds. The Balaban J connectivity index is 2.92. The number of aryl methyl sites for hydroxylation is 3. The van der Waals surface area contributed by atoms with Gasteiger partial charge in [-0.2, -0.15) is 11.8 Å². The van der Waals surface area contributed by atoms with Crippen molar-refractivity contribution in [3.8, 4) is 0 Å². The molecule has 2 N–H and O–H groups in total. The third-order valence-corrected chi connectivity index (χ3v) is 3.76. The second-order valence-electron chi connectivity index (χ2n) is 4.92. The molecule has 0 saturated carbocycles. The minimum Gasteiger partial charge on any atom is -0.480 e. The molecule has 0 radical (unpaired) electrons. The molecule has 0 heterocycles. The number of aliphatic carboxylic acids is 1. The molecule has 0 bridgehead atoms. The van der Waals surface area contributed by atoms with Crippen LogP contribution in [0.4, 0.5) is 0 Å². The highest BCUT2D eigenvalue weighted by molar-refractivity contribution is 7.98. The highest BCUT2D eigenvalue weighted by Gasteiger charge is 2.22. The van der Waals surface area contributed by atoms with Crippen LogP contribution in [0.15, 0.2) is 12.1 Å². The molecule has 0 aliphatic heterocycles. The minimum atomic E-state index is -0.991. The summed E-state index contributed by atoms with van der Waals surface area (Å²) in [7, 11) is 0. The Labute approximate surface area is 124 Å². The van der Waals surface area contributed by atoms with Crippen molar-refractivity contribution in [2.75, 3.05) is 12.0 Å². The number of hydrogen-bond acceptors (Lipinski definition) is 3. The molecule has 1 aromatic rings. The van der Waals surface area contributed by atoms with Gasteiger partial charge >= 0.3 is 5.97 Å². The molecule has 1 rings (SSSR count). The van der Waals surface area contributed by atoms with Crippen molar-refractivity contribution >= 4 is 23.6 Å². The molecular weight excluding hydrogens is 274 g/mol. The summed E-state index contributed by atoms with van der Waals surface area (Å²) >= 11 is 1.56. The van der Waals surface area contributed by atoms with Gasteiger partial charge in [0.15, 0.2) is 0 Å². The number of carbonyl (C=O) groups is 2. The van der Waals surface area contributed by atoms with E-state index in [0.717, 1.165) is 16.7 Å². The zero-order valence-corrected chi connectivity index (χ0v) is 13.1. The summed E-state index contributed by atoms with van der Waals surface area (Å²) < 4.78 is 0. The van der Waals surface area contributed by atoms with Crippen molar-refractivity contribution in [2.24, 2.45) is 0 Å². The number of amides is 1. The number of carboxylic acids is 1. The third kappa shape index (κ3) is 4.27. The van der Waals surface area contributed by atoms with Gasteiger partial charge in [0.05, 0.1) is 0 Å². The summed E-state index contributed by atoms with van der Waals surface area (Å²) in [6, 6.07) is 3.02. The minimum absolute atomic E-state index is 0.312. The molecule has 1 aromatic carbocycles. The van der Waals surface area contributed by atoms with Crippen molar-refractivity contribution in [1.82, 2.24) is 5.32 Å². The molecule has 1 atom stereocenters. The Bertz CT molecular complexity index is 491. The Hall–Kier alpha value is -1.49. The summed E-state index contributed by atoms with van der Waals surface area (Å²) in [5.74, 6) is -0.605. The van der Waals surface area contributed by atoms with E-state index in [1.807, 2.05) is 39.2 Å². The van der Waals surface area contributed by atoms with Crippen LogP contribution in [0.1, 0.15) is 33.5 Å². The summed E-state index contributed by atoms with van der Waals surface area (Å²) in [6.07, 6.45) is 2.33. The van der Waals surface area contributed by atoms with Gasteiger partial charge in [0.1, 0.15) is 6.04 Å². The maximum absolute atomic E-state index is 12.3. The quantitative estimate of drug-likeness (QED) is 0.846. The van der Waals surface area contributed by atoms with Gasteiger partial charge in [-0.15, -0.1) is 0 Å². The zero-order valence-electron chi connectivity index (χ0n) is 12.3. The van der Waals surface area contributed by atoms with Crippen LogP contribution in [0.3, 0.4) is 0 Å². The summed E-state index contributed by atoms with van der Waals surface area (Å²) in [4.78, 5) is 23.5. The smallest absolute Gasteiger partial charge is 0.326 e. The van der Waals surface area contributed by atoms with Crippen LogP contribution in [-0.2, 0) is 4.79 Å². The molecule has 5 heteroatoms. The Morgan fingerprint density at radius 2 is 1.80 bits per heavy atom. The number of carbonyl (C=O) groups excluding carboxylic acids is 1. The molecular formula is C15H21NO3S. The lowest BCUT2D eigenvalue weighted by atomic mass is 9.99. The fourth-order valence-electron chi connectivity index (χ4n) is 2.26. The third-order valence-electron chi connectivity index (χ3n) is 3.12. The standard InChI is InChI=1S/C15H21NO3S/c1-9-7-10(2)13(11(3)8-9)14(17)16-12(15(18)19)5-6-20-4/h7-8,12H,5-6H2,1-4H3,(H,16,17)(H,18,19). The number of benzene rings is 1. The molecule has 0 aliphatic carbocycles. The van der Waals surface area contributed by atoms with Crippen molar-refractivity contribution in [3.05, 3.63) is 34.4 Å². The maximum atomic E-state index is 12.3. The van der Waals surface area contributed by atoms with Gasteiger partial charge in [0, 0.05) is 5.56 Å². The number of thioether (sulfide) groups is 1. The van der Waals surface area contributed by atoms with Gasteiger partial charge in [0.2, 0.25) is 0 Å². The topological polar surface area (TPSA) is 66.4 Å². The number of nitrogens with one attached hydrogen (secondary N) is 1. The predicted octanol–water partition coefficient (Wildman–Crippen LogP) is 2.55. The largest absolute Gasteiger partial charge is 0.480 e. The van der Waals surface area contributed by atoms with Crippen LogP contribution < -0.4 is 5.32 Å². The summed E-state index contributed by atoms with van der Waals surface area (Å²) in [5, 5.41) is 11.8. The SMILES string of the molecule is CSCCC(NC(=O)c1c(C)cc(C)cc1C)C(=O)O. The van der Waals surface area contributed by atoms with Gasteiger partial charge < -0.3 is 10.4 Å². The molecule has 1 unspecified atom stereocenters. The summed E-state index contributed by atoms with van der Waals surface area (Å²) in [5.41, 5.74) is 3.41. The molecule has 4 nitrogen and oxygen atoms in total. The normalized spacial score (nSPS) is 12.0. The summed E-state index contributed by atoms with van der Waals surface area (Å²) in [6.45, 7) is 5.71. The average molecular weight is 295 g/mol. The molecule has 0 saturated heterocycles. The highest BCUT2D eigenvalue weighted by atomic mass is 32.2. The van der Waals surface area contributed by atoms with Crippen LogP contribution >= 0.6 is 11.8 Å². The highest BCUT2D eigenvalue weighted by Crippen LogP contribution is 2.16. The van der Waals surface area contributed by atoms with Gasteiger partial charge in [0.25, 0.3) is 5.91 Å². The first-order chi connectivity index (χ1) is 9.36. The first-order valence-electron chi connectivity index (χ1n) is 6.47. The van der Waals surface area contributed by atoms with Crippen molar-refractivity contribution < 1.29 is 14.7 Å².